The molecule has 2 aromatic rings. The quantitative estimate of drug-likeness (QED) is 0.833. The molecule has 1 aromatic carbocycles. The minimum absolute atomic E-state index is 0.789. The van der Waals surface area contributed by atoms with E-state index in [1.807, 2.05) is 29.2 Å². The average Bonchev–Trinajstić information content (AvgIpc) is 2.88. The normalized spacial score (nSPS) is 10.6. The van der Waals surface area contributed by atoms with E-state index < -0.39 is 0 Å². The molecule has 0 saturated heterocycles. The van der Waals surface area contributed by atoms with E-state index >= 15 is 0 Å². The number of imidazole rings is 1. The second-order valence-electron chi connectivity index (χ2n) is 3.93. The maximum Gasteiger partial charge on any atom is 0.123 e. The molecule has 0 bridgehead atoms. The zero-order valence-corrected chi connectivity index (χ0v) is 11.9. The molecule has 0 spiro atoms. The highest BCUT2D eigenvalue weighted by Crippen LogP contribution is 2.22. The molecule has 0 radical (unpaired) electrons. The van der Waals surface area contributed by atoms with Crippen LogP contribution in [0.15, 0.2) is 41.4 Å². The summed E-state index contributed by atoms with van der Waals surface area (Å²) in [5.74, 6) is 0.910. The first-order valence-corrected chi connectivity index (χ1v) is 6.58. The summed E-state index contributed by atoms with van der Waals surface area (Å²) in [7, 11) is 1.69. The number of ether oxygens (including phenoxy) is 1. The van der Waals surface area contributed by atoms with Gasteiger partial charge in [-0.3, -0.25) is 0 Å². The molecule has 1 aromatic heterocycles. The topological polar surface area (TPSA) is 39.1 Å². The van der Waals surface area contributed by atoms with Crippen molar-refractivity contribution >= 4 is 15.9 Å². The van der Waals surface area contributed by atoms with Crippen molar-refractivity contribution in [3.63, 3.8) is 0 Å². The summed E-state index contributed by atoms with van der Waals surface area (Å²) in [5, 5.41) is 3.39. The molecule has 0 unspecified atom stereocenters. The third kappa shape index (κ3) is 3.58. The molecule has 2 rings (SSSR count). The summed E-state index contributed by atoms with van der Waals surface area (Å²) in [6, 6.07) is 6.02. The lowest BCUT2D eigenvalue weighted by molar-refractivity contribution is 0.407. The van der Waals surface area contributed by atoms with Gasteiger partial charge in [0, 0.05) is 42.1 Å². The van der Waals surface area contributed by atoms with E-state index in [0.29, 0.717) is 0 Å². The van der Waals surface area contributed by atoms with Gasteiger partial charge in [-0.25, -0.2) is 4.98 Å². The Morgan fingerprint density at radius 2 is 2.33 bits per heavy atom. The molecule has 96 valence electrons. The zero-order chi connectivity index (χ0) is 12.8. The molecule has 0 atom stereocenters. The number of nitrogens with zero attached hydrogens (tertiary/aromatic N) is 2. The Hall–Kier alpha value is -1.33. The van der Waals surface area contributed by atoms with E-state index in [1.165, 1.54) is 0 Å². The summed E-state index contributed by atoms with van der Waals surface area (Å²) in [6.07, 6.45) is 5.57. The van der Waals surface area contributed by atoms with Crippen LogP contribution in [0.25, 0.3) is 0 Å². The minimum atomic E-state index is 0.789. The van der Waals surface area contributed by atoms with Crippen molar-refractivity contribution in [1.29, 1.82) is 0 Å². The molecule has 4 nitrogen and oxygen atoms in total. The van der Waals surface area contributed by atoms with Crippen LogP contribution in [0.2, 0.25) is 0 Å². The minimum Gasteiger partial charge on any atom is -0.496 e. The molecule has 0 saturated carbocycles. The van der Waals surface area contributed by atoms with Crippen molar-refractivity contribution < 1.29 is 4.74 Å². The fourth-order valence-corrected chi connectivity index (χ4v) is 2.14. The standard InChI is InChI=1S/C13H16BrN3O/c1-18-13-3-2-12(14)8-11(13)9-15-4-6-17-7-5-16-10-17/h2-3,5,7-8,10,15H,4,6,9H2,1H3. The van der Waals surface area contributed by atoms with Crippen LogP contribution in [0.5, 0.6) is 5.75 Å². The van der Waals surface area contributed by atoms with Crippen LogP contribution in [0.3, 0.4) is 0 Å². The van der Waals surface area contributed by atoms with Crippen molar-refractivity contribution in [3.8, 4) is 5.75 Å². The van der Waals surface area contributed by atoms with Crippen LogP contribution in [-0.2, 0) is 13.1 Å². The van der Waals surface area contributed by atoms with Gasteiger partial charge in [0.25, 0.3) is 0 Å². The van der Waals surface area contributed by atoms with Crippen molar-refractivity contribution in [2.24, 2.45) is 0 Å². The number of hydrogen-bond acceptors (Lipinski definition) is 3. The first-order valence-electron chi connectivity index (χ1n) is 5.78. The van der Waals surface area contributed by atoms with Gasteiger partial charge in [-0.15, -0.1) is 0 Å². The number of nitrogens with one attached hydrogen (secondary N) is 1. The molecule has 0 fully saturated rings. The smallest absolute Gasteiger partial charge is 0.123 e. The van der Waals surface area contributed by atoms with Gasteiger partial charge in [-0.05, 0) is 18.2 Å². The number of halogens is 1. The van der Waals surface area contributed by atoms with Crippen molar-refractivity contribution in [1.82, 2.24) is 14.9 Å². The van der Waals surface area contributed by atoms with Crippen LogP contribution < -0.4 is 10.1 Å². The van der Waals surface area contributed by atoms with Gasteiger partial charge >= 0.3 is 0 Å². The van der Waals surface area contributed by atoms with E-state index in [4.69, 9.17) is 4.74 Å². The Morgan fingerprint density at radius 3 is 3.06 bits per heavy atom. The molecule has 18 heavy (non-hydrogen) atoms. The fourth-order valence-electron chi connectivity index (χ4n) is 1.74. The molecular formula is C13H16BrN3O. The van der Waals surface area contributed by atoms with Crippen molar-refractivity contribution in [3.05, 3.63) is 47.0 Å². The maximum atomic E-state index is 5.33. The van der Waals surface area contributed by atoms with Gasteiger partial charge in [0.1, 0.15) is 5.75 Å². The number of methoxy groups -OCH3 is 1. The summed E-state index contributed by atoms with van der Waals surface area (Å²) in [6.45, 7) is 2.60. The van der Waals surface area contributed by atoms with E-state index in [-0.39, 0.29) is 0 Å². The number of aromatic nitrogens is 2. The van der Waals surface area contributed by atoms with Crippen LogP contribution in [0, 0.1) is 0 Å². The molecule has 0 aliphatic carbocycles. The van der Waals surface area contributed by atoms with Gasteiger partial charge in [0.15, 0.2) is 0 Å². The van der Waals surface area contributed by atoms with Gasteiger partial charge in [-0.1, -0.05) is 15.9 Å². The molecule has 0 aliphatic heterocycles. The Balaban J connectivity index is 1.84. The lowest BCUT2D eigenvalue weighted by Gasteiger charge is -2.10. The third-order valence-electron chi connectivity index (χ3n) is 2.66. The van der Waals surface area contributed by atoms with Crippen molar-refractivity contribution in [2.45, 2.75) is 13.1 Å². The van der Waals surface area contributed by atoms with Crippen molar-refractivity contribution in [2.75, 3.05) is 13.7 Å². The van der Waals surface area contributed by atoms with E-state index in [1.54, 1.807) is 13.3 Å². The second kappa shape index (κ2) is 6.56. The third-order valence-corrected chi connectivity index (χ3v) is 3.16. The van der Waals surface area contributed by atoms with Crippen LogP contribution >= 0.6 is 15.9 Å². The Bertz CT molecular complexity index is 485. The predicted molar refractivity (Wildman–Crippen MR) is 74.6 cm³/mol. The largest absolute Gasteiger partial charge is 0.496 e. The van der Waals surface area contributed by atoms with E-state index in [9.17, 15) is 0 Å². The number of benzene rings is 1. The second-order valence-corrected chi connectivity index (χ2v) is 4.85. The average molecular weight is 310 g/mol. The lowest BCUT2D eigenvalue weighted by Crippen LogP contribution is -2.19. The Morgan fingerprint density at radius 1 is 1.44 bits per heavy atom. The maximum absolute atomic E-state index is 5.33. The summed E-state index contributed by atoms with van der Waals surface area (Å²) in [5.41, 5.74) is 1.15. The number of hydrogen-bond donors (Lipinski definition) is 1. The van der Waals surface area contributed by atoms with E-state index in [2.05, 4.69) is 32.3 Å². The molecule has 1 heterocycles. The van der Waals surface area contributed by atoms with Crippen LogP contribution in [0.4, 0.5) is 0 Å². The SMILES string of the molecule is COc1ccc(Br)cc1CNCCn1ccnc1. The van der Waals surface area contributed by atoms with Gasteiger partial charge in [0.2, 0.25) is 0 Å². The first-order chi connectivity index (χ1) is 8.79. The Kier molecular flexibility index (Phi) is 4.78. The highest BCUT2D eigenvalue weighted by molar-refractivity contribution is 9.10. The van der Waals surface area contributed by atoms with Crippen LogP contribution in [0.1, 0.15) is 5.56 Å². The summed E-state index contributed by atoms with van der Waals surface area (Å²) < 4.78 is 8.44. The van der Waals surface area contributed by atoms with Gasteiger partial charge < -0.3 is 14.6 Å². The van der Waals surface area contributed by atoms with Gasteiger partial charge in [0.05, 0.1) is 13.4 Å². The molecule has 0 amide bonds. The molecule has 0 aliphatic rings. The highest BCUT2D eigenvalue weighted by Gasteiger charge is 2.02. The molecule has 1 N–H and O–H groups in total. The number of rotatable bonds is 6. The van der Waals surface area contributed by atoms with Crippen LogP contribution in [-0.4, -0.2) is 23.2 Å². The molecular weight excluding hydrogens is 294 g/mol. The highest BCUT2D eigenvalue weighted by atomic mass is 79.9. The summed E-state index contributed by atoms with van der Waals surface area (Å²) >= 11 is 3.47. The monoisotopic (exact) mass is 309 g/mol. The van der Waals surface area contributed by atoms with E-state index in [0.717, 1.165) is 35.4 Å². The summed E-state index contributed by atoms with van der Waals surface area (Å²) in [4.78, 5) is 4.01. The lowest BCUT2D eigenvalue weighted by atomic mass is 10.2. The fraction of sp³-hybridized carbons (Fsp3) is 0.308. The van der Waals surface area contributed by atoms with Gasteiger partial charge in [-0.2, -0.15) is 0 Å². The predicted octanol–water partition coefficient (Wildman–Crippen LogP) is 2.44. The molecule has 5 heteroatoms. The Labute approximate surface area is 115 Å². The zero-order valence-electron chi connectivity index (χ0n) is 10.3. The first kappa shape index (κ1) is 13.1.